The zero-order chi connectivity index (χ0) is 21.9. The number of alkyl halides is 3. The van der Waals surface area contributed by atoms with Crippen molar-refractivity contribution in [3.05, 3.63) is 109 Å². The van der Waals surface area contributed by atoms with Crippen molar-refractivity contribution in [3.63, 3.8) is 0 Å². The lowest BCUT2D eigenvalue weighted by atomic mass is 9.84. The van der Waals surface area contributed by atoms with Crippen LogP contribution in [0.2, 0.25) is 0 Å². The largest absolute Gasteiger partial charge is 0.417 e. The molecule has 5 aromatic carbocycles. The van der Waals surface area contributed by atoms with Gasteiger partial charge in [0, 0.05) is 5.56 Å². The van der Waals surface area contributed by atoms with E-state index in [1.165, 1.54) is 6.07 Å². The van der Waals surface area contributed by atoms with Crippen LogP contribution in [0.15, 0.2) is 103 Å². The average Bonchev–Trinajstić information content (AvgIpc) is 3.15. The fourth-order valence-electron chi connectivity index (χ4n) is 4.96. The molecule has 0 aromatic heterocycles. The van der Waals surface area contributed by atoms with Gasteiger partial charge in [-0.15, -0.1) is 0 Å². The van der Waals surface area contributed by atoms with Crippen LogP contribution in [0.1, 0.15) is 5.56 Å². The highest BCUT2D eigenvalue weighted by Gasteiger charge is 2.39. The van der Waals surface area contributed by atoms with Crippen LogP contribution in [0.25, 0.3) is 55.3 Å². The van der Waals surface area contributed by atoms with Gasteiger partial charge in [-0.2, -0.15) is 13.2 Å². The molecule has 154 valence electrons. The van der Waals surface area contributed by atoms with Crippen LogP contribution in [0, 0.1) is 0 Å². The molecular formula is C29H17F3. The predicted molar refractivity (Wildman–Crippen MR) is 124 cm³/mol. The molecule has 0 fully saturated rings. The van der Waals surface area contributed by atoms with Gasteiger partial charge in [-0.25, -0.2) is 0 Å². The minimum absolute atomic E-state index is 0.247. The number of hydrogen-bond donors (Lipinski definition) is 0. The van der Waals surface area contributed by atoms with Crippen LogP contribution in [0.5, 0.6) is 0 Å². The second-order valence-corrected chi connectivity index (χ2v) is 8.04. The van der Waals surface area contributed by atoms with Crippen molar-refractivity contribution in [1.29, 1.82) is 0 Å². The summed E-state index contributed by atoms with van der Waals surface area (Å²) in [6, 6.07) is 31.5. The van der Waals surface area contributed by atoms with Crippen molar-refractivity contribution in [2.24, 2.45) is 0 Å². The minimum atomic E-state index is -4.49. The van der Waals surface area contributed by atoms with Gasteiger partial charge in [-0.05, 0) is 55.8 Å². The molecule has 3 heteroatoms. The smallest absolute Gasteiger partial charge is 0.166 e. The van der Waals surface area contributed by atoms with Crippen molar-refractivity contribution in [3.8, 4) is 44.5 Å². The fraction of sp³-hybridized carbons (Fsp3) is 0.0345. The first kappa shape index (κ1) is 18.9. The van der Waals surface area contributed by atoms with Gasteiger partial charge in [0.1, 0.15) is 0 Å². The number of rotatable bonds is 2. The second kappa shape index (κ2) is 6.83. The van der Waals surface area contributed by atoms with Crippen molar-refractivity contribution in [2.45, 2.75) is 6.18 Å². The Hall–Kier alpha value is -3.85. The van der Waals surface area contributed by atoms with E-state index in [1.54, 1.807) is 24.3 Å². The first-order valence-electron chi connectivity index (χ1n) is 10.5. The summed E-state index contributed by atoms with van der Waals surface area (Å²) in [7, 11) is 0. The standard InChI is InChI=1S/C29H17F3/c30-29(31,32)24-17-23(18-9-3-1-4-10-18)27-21-15-7-13-19-14-8-16-22(25(19)21)28(27)26(24)20-11-5-2-6-12-20/h1-17H. The third-order valence-electron chi connectivity index (χ3n) is 6.22. The van der Waals surface area contributed by atoms with Gasteiger partial charge in [0.05, 0.1) is 5.56 Å². The molecule has 0 bridgehead atoms. The lowest BCUT2D eigenvalue weighted by Crippen LogP contribution is -2.09. The van der Waals surface area contributed by atoms with Crippen molar-refractivity contribution >= 4 is 10.8 Å². The van der Waals surface area contributed by atoms with Crippen LogP contribution in [0.3, 0.4) is 0 Å². The Bertz CT molecular complexity index is 1480. The summed E-state index contributed by atoms with van der Waals surface area (Å²) in [5.41, 5.74) is 4.97. The Morgan fingerprint density at radius 1 is 0.469 bits per heavy atom. The quantitative estimate of drug-likeness (QED) is 0.261. The van der Waals surface area contributed by atoms with Crippen molar-refractivity contribution < 1.29 is 13.2 Å². The van der Waals surface area contributed by atoms with E-state index in [0.29, 0.717) is 16.7 Å². The highest BCUT2D eigenvalue weighted by atomic mass is 19.4. The monoisotopic (exact) mass is 422 g/mol. The Morgan fingerprint density at radius 2 is 1.03 bits per heavy atom. The van der Waals surface area contributed by atoms with Gasteiger partial charge in [0.2, 0.25) is 0 Å². The van der Waals surface area contributed by atoms with Gasteiger partial charge in [0.25, 0.3) is 0 Å². The molecule has 5 aromatic rings. The summed E-state index contributed by atoms with van der Waals surface area (Å²) in [5.74, 6) is 0. The van der Waals surface area contributed by atoms with Crippen LogP contribution in [-0.2, 0) is 6.18 Å². The molecule has 0 unspecified atom stereocenters. The molecule has 0 heterocycles. The first-order chi connectivity index (χ1) is 15.5. The molecule has 0 N–H and O–H groups in total. The van der Waals surface area contributed by atoms with Crippen molar-refractivity contribution in [2.75, 3.05) is 0 Å². The highest BCUT2D eigenvalue weighted by Crippen LogP contribution is 2.57. The van der Waals surface area contributed by atoms with Crippen molar-refractivity contribution in [1.82, 2.24) is 0 Å². The predicted octanol–water partition coefficient (Wildman–Crippen LogP) is 8.84. The maximum Gasteiger partial charge on any atom is 0.417 e. The topological polar surface area (TPSA) is 0 Å². The summed E-state index contributed by atoms with van der Waals surface area (Å²) in [6.45, 7) is 0. The van der Waals surface area contributed by atoms with E-state index in [0.717, 1.165) is 33.0 Å². The molecule has 0 nitrogen and oxygen atoms in total. The second-order valence-electron chi connectivity index (χ2n) is 8.04. The molecule has 1 aliphatic carbocycles. The maximum absolute atomic E-state index is 14.5. The number of benzene rings is 5. The lowest BCUT2D eigenvalue weighted by molar-refractivity contribution is -0.137. The molecule has 0 spiro atoms. The van der Waals surface area contributed by atoms with Crippen LogP contribution in [-0.4, -0.2) is 0 Å². The fourth-order valence-corrected chi connectivity index (χ4v) is 4.96. The van der Waals surface area contributed by atoms with Gasteiger partial charge >= 0.3 is 6.18 Å². The van der Waals surface area contributed by atoms with E-state index in [-0.39, 0.29) is 5.56 Å². The van der Waals surface area contributed by atoms with E-state index < -0.39 is 11.7 Å². The summed E-state index contributed by atoms with van der Waals surface area (Å²) >= 11 is 0. The molecule has 0 aliphatic heterocycles. The minimum Gasteiger partial charge on any atom is -0.166 e. The van der Waals surface area contributed by atoms with Crippen LogP contribution < -0.4 is 0 Å². The van der Waals surface area contributed by atoms with E-state index >= 15 is 0 Å². The van der Waals surface area contributed by atoms with Gasteiger partial charge in [0.15, 0.2) is 0 Å². The zero-order valence-electron chi connectivity index (χ0n) is 16.9. The first-order valence-corrected chi connectivity index (χ1v) is 10.5. The highest BCUT2D eigenvalue weighted by molar-refractivity contribution is 6.21. The summed E-state index contributed by atoms with van der Waals surface area (Å²) < 4.78 is 43.6. The normalized spacial score (nSPS) is 12.2. The third-order valence-corrected chi connectivity index (χ3v) is 6.22. The molecule has 0 saturated heterocycles. The Labute approximate surface area is 183 Å². The summed E-state index contributed by atoms with van der Waals surface area (Å²) in [5, 5.41) is 2.04. The molecule has 0 saturated carbocycles. The summed E-state index contributed by atoms with van der Waals surface area (Å²) in [6.07, 6.45) is -4.49. The average molecular weight is 422 g/mol. The zero-order valence-corrected chi connectivity index (χ0v) is 16.9. The van der Waals surface area contributed by atoms with E-state index in [1.807, 2.05) is 72.8 Å². The molecule has 1 aliphatic rings. The van der Waals surface area contributed by atoms with Gasteiger partial charge in [-0.1, -0.05) is 97.1 Å². The maximum atomic E-state index is 14.5. The molecule has 0 atom stereocenters. The molecule has 0 amide bonds. The molecule has 0 radical (unpaired) electrons. The summed E-state index contributed by atoms with van der Waals surface area (Å²) in [4.78, 5) is 0. The number of fused-ring (bicyclic) bond motifs is 3. The Kier molecular flexibility index (Phi) is 4.03. The lowest BCUT2D eigenvalue weighted by Gasteiger charge is -2.21. The molecule has 6 rings (SSSR count). The SMILES string of the molecule is FC(F)(F)c1cc(-c2ccccc2)c2c(c1-c1ccccc1)-c1cccc3cccc-2c13. The number of halogens is 3. The van der Waals surface area contributed by atoms with Gasteiger partial charge < -0.3 is 0 Å². The Balaban J connectivity index is 1.85. The molecular weight excluding hydrogens is 405 g/mol. The number of hydrogen-bond acceptors (Lipinski definition) is 0. The van der Waals surface area contributed by atoms with Crippen LogP contribution in [0.4, 0.5) is 13.2 Å². The molecule has 32 heavy (non-hydrogen) atoms. The van der Waals surface area contributed by atoms with Crippen LogP contribution >= 0.6 is 0 Å². The Morgan fingerprint density at radius 3 is 1.62 bits per heavy atom. The van der Waals surface area contributed by atoms with Gasteiger partial charge in [-0.3, -0.25) is 0 Å². The van der Waals surface area contributed by atoms with E-state index in [9.17, 15) is 13.2 Å². The third kappa shape index (κ3) is 2.71. The van der Waals surface area contributed by atoms with E-state index in [4.69, 9.17) is 0 Å². The van der Waals surface area contributed by atoms with E-state index in [2.05, 4.69) is 0 Å².